The Morgan fingerprint density at radius 2 is 1.52 bits per heavy atom. The van der Waals surface area contributed by atoms with Gasteiger partial charge in [-0.05, 0) is 42.4 Å². The Kier molecular flexibility index (Phi) is 5.39. The van der Waals surface area contributed by atoms with E-state index in [2.05, 4.69) is 4.90 Å². The molecule has 0 saturated carbocycles. The van der Waals surface area contributed by atoms with Crippen molar-refractivity contribution in [3.63, 3.8) is 0 Å². The minimum absolute atomic E-state index is 0.103. The zero-order valence-electron chi connectivity index (χ0n) is 16.1. The maximum atomic E-state index is 13.3. The van der Waals surface area contributed by atoms with Crippen molar-refractivity contribution in [2.24, 2.45) is 0 Å². The molecule has 1 saturated heterocycles. The number of nitrogens with zero attached hydrogens (tertiary/aromatic N) is 3. The van der Waals surface area contributed by atoms with E-state index in [0.29, 0.717) is 40.5 Å². The van der Waals surface area contributed by atoms with Crippen molar-refractivity contribution in [2.45, 2.75) is 6.54 Å². The Bertz CT molecular complexity index is 965. The molecule has 7 heteroatoms. The maximum absolute atomic E-state index is 13.3. The third kappa shape index (κ3) is 3.91. The van der Waals surface area contributed by atoms with E-state index in [1.54, 1.807) is 36.4 Å². The van der Waals surface area contributed by atoms with Gasteiger partial charge in [0.15, 0.2) is 0 Å². The Labute approximate surface area is 174 Å². The molecule has 2 aliphatic heterocycles. The van der Waals surface area contributed by atoms with Crippen LogP contribution >= 0.6 is 11.6 Å². The molecule has 0 aliphatic carbocycles. The van der Waals surface area contributed by atoms with Crippen LogP contribution in [0.1, 0.15) is 11.1 Å². The number of amides is 2. The molecule has 29 heavy (non-hydrogen) atoms. The first-order valence-electron chi connectivity index (χ1n) is 9.48. The van der Waals surface area contributed by atoms with E-state index >= 15 is 0 Å². The van der Waals surface area contributed by atoms with Gasteiger partial charge in [-0.15, -0.1) is 0 Å². The fraction of sp³-hybridized carbons (Fsp3) is 0.273. The third-order valence-electron chi connectivity index (χ3n) is 5.35. The second-order valence-corrected chi connectivity index (χ2v) is 7.78. The van der Waals surface area contributed by atoms with Crippen molar-refractivity contribution in [1.82, 2.24) is 14.7 Å². The van der Waals surface area contributed by atoms with Gasteiger partial charge in [-0.25, -0.2) is 4.39 Å². The van der Waals surface area contributed by atoms with Gasteiger partial charge in [0.2, 0.25) is 0 Å². The highest BCUT2D eigenvalue weighted by Gasteiger charge is 2.41. The number of likely N-dealkylation sites (N-methyl/N-ethyl adjacent to an activating group) is 1. The lowest BCUT2D eigenvalue weighted by molar-refractivity contribution is -0.138. The van der Waals surface area contributed by atoms with E-state index in [0.717, 1.165) is 13.1 Å². The van der Waals surface area contributed by atoms with Crippen molar-refractivity contribution in [1.29, 1.82) is 0 Å². The average Bonchev–Trinajstić information content (AvgIpc) is 2.96. The van der Waals surface area contributed by atoms with Gasteiger partial charge >= 0.3 is 0 Å². The van der Waals surface area contributed by atoms with Crippen LogP contribution in [0.5, 0.6) is 0 Å². The predicted molar refractivity (Wildman–Crippen MR) is 109 cm³/mol. The van der Waals surface area contributed by atoms with Gasteiger partial charge in [0.05, 0.1) is 12.1 Å². The van der Waals surface area contributed by atoms with E-state index in [4.69, 9.17) is 11.6 Å². The maximum Gasteiger partial charge on any atom is 0.278 e. The van der Waals surface area contributed by atoms with E-state index in [9.17, 15) is 14.0 Å². The summed E-state index contributed by atoms with van der Waals surface area (Å²) in [5, 5.41) is 0.565. The summed E-state index contributed by atoms with van der Waals surface area (Å²) in [7, 11) is 2.04. The summed E-state index contributed by atoms with van der Waals surface area (Å²) in [5.41, 5.74) is 2.21. The molecule has 2 aliphatic rings. The Morgan fingerprint density at radius 3 is 2.14 bits per heavy atom. The van der Waals surface area contributed by atoms with E-state index in [-0.39, 0.29) is 24.2 Å². The molecule has 0 aromatic heterocycles. The largest absolute Gasteiger partial charge is 0.364 e. The minimum atomic E-state index is -0.356. The van der Waals surface area contributed by atoms with E-state index in [1.165, 1.54) is 17.0 Å². The van der Waals surface area contributed by atoms with Crippen LogP contribution in [-0.4, -0.2) is 59.7 Å². The highest BCUT2D eigenvalue weighted by Crippen LogP contribution is 2.33. The molecule has 0 radical (unpaired) electrons. The molecule has 0 unspecified atom stereocenters. The van der Waals surface area contributed by atoms with Crippen LogP contribution < -0.4 is 0 Å². The SMILES string of the molecule is CN1CCN(C2=C(c3ccc(Cl)cc3)C(=O)N(Cc3ccc(F)cc3)C2=O)CC1. The zero-order chi connectivity index (χ0) is 20.5. The van der Waals surface area contributed by atoms with Crippen LogP contribution in [0.25, 0.3) is 5.57 Å². The van der Waals surface area contributed by atoms with Gasteiger partial charge in [-0.2, -0.15) is 0 Å². The van der Waals surface area contributed by atoms with Gasteiger partial charge in [0, 0.05) is 31.2 Å². The van der Waals surface area contributed by atoms with Crippen LogP contribution in [0.3, 0.4) is 0 Å². The molecule has 1 fully saturated rings. The third-order valence-corrected chi connectivity index (χ3v) is 5.60. The average molecular weight is 414 g/mol. The van der Waals surface area contributed by atoms with Crippen molar-refractivity contribution < 1.29 is 14.0 Å². The van der Waals surface area contributed by atoms with Crippen molar-refractivity contribution in [3.8, 4) is 0 Å². The Hall–Kier alpha value is -2.70. The van der Waals surface area contributed by atoms with Crippen LogP contribution in [0.2, 0.25) is 5.02 Å². The summed E-state index contributed by atoms with van der Waals surface area (Å²) < 4.78 is 13.2. The second kappa shape index (κ2) is 7.97. The number of halogens is 2. The molecular weight excluding hydrogens is 393 g/mol. The Morgan fingerprint density at radius 1 is 0.897 bits per heavy atom. The molecule has 0 bridgehead atoms. The Balaban J connectivity index is 1.71. The topological polar surface area (TPSA) is 43.9 Å². The fourth-order valence-corrected chi connectivity index (χ4v) is 3.81. The summed E-state index contributed by atoms with van der Waals surface area (Å²) in [6.45, 7) is 3.08. The number of benzene rings is 2. The number of hydrogen-bond donors (Lipinski definition) is 0. The lowest BCUT2D eigenvalue weighted by Gasteiger charge is -2.34. The van der Waals surface area contributed by atoms with Crippen LogP contribution in [-0.2, 0) is 16.1 Å². The first kappa shape index (κ1) is 19.6. The zero-order valence-corrected chi connectivity index (χ0v) is 16.8. The van der Waals surface area contributed by atoms with Gasteiger partial charge in [0.1, 0.15) is 11.5 Å². The molecule has 5 nitrogen and oxygen atoms in total. The van der Waals surface area contributed by atoms with Crippen molar-refractivity contribution in [2.75, 3.05) is 33.2 Å². The molecule has 4 rings (SSSR count). The highest BCUT2D eigenvalue weighted by atomic mass is 35.5. The van der Waals surface area contributed by atoms with Crippen LogP contribution in [0, 0.1) is 5.82 Å². The van der Waals surface area contributed by atoms with E-state index in [1.807, 2.05) is 11.9 Å². The number of piperazine rings is 1. The molecule has 2 amide bonds. The number of carbonyl (C=O) groups excluding carboxylic acids is 2. The minimum Gasteiger partial charge on any atom is -0.364 e. The van der Waals surface area contributed by atoms with Crippen molar-refractivity contribution >= 4 is 29.0 Å². The molecule has 2 heterocycles. The van der Waals surface area contributed by atoms with Crippen molar-refractivity contribution in [3.05, 3.63) is 76.2 Å². The van der Waals surface area contributed by atoms with Gasteiger partial charge in [-0.3, -0.25) is 14.5 Å². The summed E-state index contributed by atoms with van der Waals surface area (Å²) in [5.74, 6) is -1.00. The quantitative estimate of drug-likeness (QED) is 0.723. The molecular formula is C22H21ClFN3O2. The summed E-state index contributed by atoms with van der Waals surface area (Å²) in [4.78, 5) is 32.0. The first-order chi connectivity index (χ1) is 13.9. The van der Waals surface area contributed by atoms with E-state index < -0.39 is 0 Å². The smallest absolute Gasteiger partial charge is 0.278 e. The second-order valence-electron chi connectivity index (χ2n) is 7.34. The summed E-state index contributed by atoms with van der Waals surface area (Å²) >= 11 is 6.01. The number of hydrogen-bond acceptors (Lipinski definition) is 4. The number of carbonyl (C=O) groups is 2. The molecule has 150 valence electrons. The monoisotopic (exact) mass is 413 g/mol. The van der Waals surface area contributed by atoms with Gasteiger partial charge in [-0.1, -0.05) is 35.9 Å². The normalized spacial score (nSPS) is 18.2. The number of imide groups is 1. The molecule has 0 N–H and O–H groups in total. The predicted octanol–water partition coefficient (Wildman–Crippen LogP) is 3.01. The lowest BCUT2D eigenvalue weighted by atomic mass is 10.0. The van der Waals surface area contributed by atoms with Gasteiger partial charge < -0.3 is 9.80 Å². The van der Waals surface area contributed by atoms with Crippen LogP contribution in [0.15, 0.2) is 54.2 Å². The first-order valence-corrected chi connectivity index (χ1v) is 9.86. The molecule has 0 atom stereocenters. The molecule has 2 aromatic rings. The summed E-state index contributed by atoms with van der Waals surface area (Å²) in [6, 6.07) is 12.8. The lowest BCUT2D eigenvalue weighted by Crippen LogP contribution is -2.46. The standard InChI is InChI=1S/C22H21ClFN3O2/c1-25-10-12-26(13-11-25)20-19(16-4-6-17(23)7-5-16)21(28)27(22(20)29)14-15-2-8-18(24)9-3-15/h2-9H,10-14H2,1H3. The molecule has 0 spiro atoms. The fourth-order valence-electron chi connectivity index (χ4n) is 3.68. The molecule has 2 aromatic carbocycles. The van der Waals surface area contributed by atoms with Crippen LogP contribution in [0.4, 0.5) is 4.39 Å². The summed E-state index contributed by atoms with van der Waals surface area (Å²) in [6.07, 6.45) is 0. The van der Waals surface area contributed by atoms with Gasteiger partial charge in [0.25, 0.3) is 11.8 Å². The number of rotatable bonds is 4. The highest BCUT2D eigenvalue weighted by molar-refractivity contribution is 6.35.